The molecule has 0 spiro atoms. The first-order chi connectivity index (χ1) is 20.6. The Morgan fingerprint density at radius 2 is 1.21 bits per heavy atom. The van der Waals surface area contributed by atoms with Crippen molar-refractivity contribution in [2.24, 2.45) is 0 Å². The van der Waals surface area contributed by atoms with Crippen LogP contribution < -0.4 is 14.8 Å². The number of nitrogens with one attached hydrogen (secondary N) is 1. The topological polar surface area (TPSA) is 73.9 Å². The van der Waals surface area contributed by atoms with E-state index in [0.717, 1.165) is 33.0 Å². The quantitative estimate of drug-likeness (QED) is 0.178. The van der Waals surface area contributed by atoms with E-state index in [9.17, 15) is 9.59 Å². The molecule has 0 bridgehead atoms. The molecule has 0 saturated carbocycles. The van der Waals surface area contributed by atoms with Gasteiger partial charge in [0, 0.05) is 6.42 Å². The van der Waals surface area contributed by atoms with Gasteiger partial charge in [0.2, 0.25) is 5.91 Å². The SMILES string of the molecule is COC(=O)[C@@H](Cc1ccc(OCc2ccccc2)c(OCc2ccccc2)c1)NC(=O)Cc1ccc2ccccc2c1. The molecule has 0 heterocycles. The van der Waals surface area contributed by atoms with Gasteiger partial charge in [0.1, 0.15) is 19.3 Å². The van der Waals surface area contributed by atoms with E-state index in [-0.39, 0.29) is 18.7 Å². The van der Waals surface area contributed by atoms with Crippen LogP contribution in [0.5, 0.6) is 11.5 Å². The van der Waals surface area contributed by atoms with Gasteiger partial charge in [-0.3, -0.25) is 4.79 Å². The van der Waals surface area contributed by atoms with E-state index in [1.165, 1.54) is 7.11 Å². The van der Waals surface area contributed by atoms with E-state index in [2.05, 4.69) is 5.32 Å². The molecule has 1 N–H and O–H groups in total. The van der Waals surface area contributed by atoms with E-state index < -0.39 is 12.0 Å². The van der Waals surface area contributed by atoms with Crippen LogP contribution in [0, 0.1) is 0 Å². The summed E-state index contributed by atoms with van der Waals surface area (Å²) in [7, 11) is 1.32. The predicted octanol–water partition coefficient (Wildman–Crippen LogP) is 6.44. The standard InChI is InChI=1S/C36H33NO5/c1-40-36(39)32(37-35(38)23-28-16-18-30-14-8-9-15-31(30)20-28)21-29-17-19-33(41-24-26-10-4-2-5-11-26)34(22-29)42-25-27-12-6-3-7-13-27/h2-20,22,32H,21,23-25H2,1H3,(H,37,38)/t32-/m1/s1. The van der Waals surface area contributed by atoms with E-state index >= 15 is 0 Å². The number of benzene rings is 5. The fourth-order valence-electron chi connectivity index (χ4n) is 4.73. The summed E-state index contributed by atoms with van der Waals surface area (Å²) in [4.78, 5) is 25.7. The molecule has 1 amide bonds. The van der Waals surface area contributed by atoms with Gasteiger partial charge in [-0.25, -0.2) is 4.79 Å². The van der Waals surface area contributed by atoms with Crippen molar-refractivity contribution in [1.29, 1.82) is 0 Å². The van der Waals surface area contributed by atoms with Gasteiger partial charge in [-0.1, -0.05) is 109 Å². The third kappa shape index (κ3) is 7.76. The van der Waals surface area contributed by atoms with Crippen LogP contribution in [0.15, 0.2) is 121 Å². The maximum Gasteiger partial charge on any atom is 0.328 e. The molecule has 0 aliphatic carbocycles. The Bertz CT molecular complexity index is 1640. The molecule has 6 nitrogen and oxygen atoms in total. The van der Waals surface area contributed by atoms with Gasteiger partial charge in [-0.15, -0.1) is 0 Å². The van der Waals surface area contributed by atoms with Gasteiger partial charge in [0.25, 0.3) is 0 Å². The van der Waals surface area contributed by atoms with Gasteiger partial charge in [-0.2, -0.15) is 0 Å². The highest BCUT2D eigenvalue weighted by atomic mass is 16.5. The van der Waals surface area contributed by atoms with Gasteiger partial charge in [0.15, 0.2) is 11.5 Å². The molecule has 5 rings (SSSR count). The third-order valence-corrected chi connectivity index (χ3v) is 6.92. The number of hydrogen-bond acceptors (Lipinski definition) is 5. The number of methoxy groups -OCH3 is 1. The highest BCUT2D eigenvalue weighted by Gasteiger charge is 2.23. The van der Waals surface area contributed by atoms with Gasteiger partial charge >= 0.3 is 5.97 Å². The lowest BCUT2D eigenvalue weighted by Gasteiger charge is -2.19. The van der Waals surface area contributed by atoms with Crippen LogP contribution in [0.25, 0.3) is 10.8 Å². The first-order valence-electron chi connectivity index (χ1n) is 13.9. The normalized spacial score (nSPS) is 11.5. The maximum atomic E-state index is 13.0. The summed E-state index contributed by atoms with van der Waals surface area (Å²) in [5.41, 5.74) is 3.72. The van der Waals surface area contributed by atoms with E-state index in [1.807, 2.05) is 121 Å². The number of rotatable bonds is 12. The minimum Gasteiger partial charge on any atom is -0.485 e. The molecule has 1 atom stereocenters. The fraction of sp³-hybridized carbons (Fsp3) is 0.167. The van der Waals surface area contributed by atoms with E-state index in [1.54, 1.807) is 0 Å². The van der Waals surface area contributed by atoms with Crippen molar-refractivity contribution in [3.8, 4) is 11.5 Å². The van der Waals surface area contributed by atoms with E-state index in [4.69, 9.17) is 14.2 Å². The van der Waals surface area contributed by atoms with Crippen molar-refractivity contribution >= 4 is 22.6 Å². The van der Waals surface area contributed by atoms with Crippen molar-refractivity contribution in [3.05, 3.63) is 144 Å². The molecule has 5 aromatic rings. The van der Waals surface area contributed by atoms with E-state index in [0.29, 0.717) is 24.7 Å². The third-order valence-electron chi connectivity index (χ3n) is 6.92. The predicted molar refractivity (Wildman–Crippen MR) is 163 cm³/mol. The zero-order chi connectivity index (χ0) is 29.1. The second kappa shape index (κ2) is 14.0. The summed E-state index contributed by atoms with van der Waals surface area (Å²) >= 11 is 0. The Balaban J connectivity index is 1.31. The average molecular weight is 560 g/mol. The van der Waals surface area contributed by atoms with Crippen LogP contribution in [0.3, 0.4) is 0 Å². The number of esters is 1. The van der Waals surface area contributed by atoms with Crippen LogP contribution in [-0.4, -0.2) is 25.0 Å². The zero-order valence-electron chi connectivity index (χ0n) is 23.5. The molecule has 42 heavy (non-hydrogen) atoms. The van der Waals surface area contributed by atoms with Crippen LogP contribution in [0.1, 0.15) is 22.3 Å². The Hall–Kier alpha value is -5.10. The lowest BCUT2D eigenvalue weighted by molar-refractivity contribution is -0.145. The first-order valence-corrected chi connectivity index (χ1v) is 13.9. The molecule has 0 radical (unpaired) electrons. The Kier molecular flexibility index (Phi) is 9.47. The number of carbonyl (C=O) groups excluding carboxylic acids is 2. The summed E-state index contributed by atoms with van der Waals surface area (Å²) < 4.78 is 17.3. The van der Waals surface area contributed by atoms with Gasteiger partial charge in [-0.05, 0) is 45.2 Å². The van der Waals surface area contributed by atoms with Crippen molar-refractivity contribution in [2.45, 2.75) is 32.1 Å². The van der Waals surface area contributed by atoms with Crippen molar-refractivity contribution in [2.75, 3.05) is 7.11 Å². The van der Waals surface area contributed by atoms with Crippen molar-refractivity contribution in [1.82, 2.24) is 5.32 Å². The minimum atomic E-state index is -0.860. The number of amides is 1. The Labute approximate surface area is 245 Å². The monoisotopic (exact) mass is 559 g/mol. The lowest BCUT2D eigenvalue weighted by atomic mass is 10.0. The summed E-state index contributed by atoms with van der Waals surface area (Å²) in [5.74, 6) is 0.369. The summed E-state index contributed by atoms with van der Waals surface area (Å²) in [6.07, 6.45) is 0.382. The Morgan fingerprint density at radius 1 is 0.619 bits per heavy atom. The molecule has 212 valence electrons. The summed E-state index contributed by atoms with van der Waals surface area (Å²) in [5, 5.41) is 5.03. The molecule has 0 saturated heterocycles. The lowest BCUT2D eigenvalue weighted by Crippen LogP contribution is -2.43. The molecular weight excluding hydrogens is 526 g/mol. The number of carbonyl (C=O) groups is 2. The molecule has 0 unspecified atom stereocenters. The van der Waals surface area contributed by atoms with Gasteiger partial charge < -0.3 is 19.5 Å². The minimum absolute atomic E-state index is 0.149. The van der Waals surface area contributed by atoms with Crippen molar-refractivity contribution < 1.29 is 23.8 Å². The molecule has 0 aromatic heterocycles. The number of fused-ring (bicyclic) bond motifs is 1. The van der Waals surface area contributed by atoms with Crippen LogP contribution in [-0.2, 0) is 40.4 Å². The van der Waals surface area contributed by atoms with Crippen LogP contribution in [0.4, 0.5) is 0 Å². The molecule has 0 fully saturated rings. The molecule has 0 aliphatic heterocycles. The highest BCUT2D eigenvalue weighted by molar-refractivity contribution is 5.88. The second-order valence-electron chi connectivity index (χ2n) is 10.0. The molecule has 6 heteroatoms. The smallest absolute Gasteiger partial charge is 0.328 e. The Morgan fingerprint density at radius 3 is 1.88 bits per heavy atom. The summed E-state index contributed by atoms with van der Waals surface area (Å²) in [6, 6.07) is 38.4. The largest absolute Gasteiger partial charge is 0.485 e. The zero-order valence-corrected chi connectivity index (χ0v) is 23.5. The van der Waals surface area contributed by atoms with Gasteiger partial charge in [0.05, 0.1) is 13.5 Å². The molecular formula is C36H33NO5. The fourth-order valence-corrected chi connectivity index (χ4v) is 4.73. The maximum absolute atomic E-state index is 13.0. The summed E-state index contributed by atoms with van der Waals surface area (Å²) in [6.45, 7) is 0.742. The molecule has 5 aromatic carbocycles. The first kappa shape index (κ1) is 28.4. The second-order valence-corrected chi connectivity index (χ2v) is 10.0. The number of hydrogen-bond donors (Lipinski definition) is 1. The van der Waals surface area contributed by atoms with Crippen molar-refractivity contribution in [3.63, 3.8) is 0 Å². The van der Waals surface area contributed by atoms with Crippen LogP contribution in [0.2, 0.25) is 0 Å². The van der Waals surface area contributed by atoms with Crippen LogP contribution >= 0.6 is 0 Å². The molecule has 0 aliphatic rings. The number of ether oxygens (including phenoxy) is 3. The highest BCUT2D eigenvalue weighted by Crippen LogP contribution is 2.31. The average Bonchev–Trinajstić information content (AvgIpc) is 3.03.